The van der Waals surface area contributed by atoms with Crippen molar-refractivity contribution in [3.05, 3.63) is 17.7 Å². The van der Waals surface area contributed by atoms with Gasteiger partial charge in [0.1, 0.15) is 6.04 Å². The second kappa shape index (κ2) is 10.4. The number of carboxylic acid groups (broad SMARTS) is 1. The Morgan fingerprint density at radius 1 is 1.00 bits per heavy atom. The van der Waals surface area contributed by atoms with Gasteiger partial charge in [-0.2, -0.15) is 0 Å². The number of carbonyl (C=O) groups excluding carboxylic acids is 1. The van der Waals surface area contributed by atoms with Crippen molar-refractivity contribution >= 4 is 11.9 Å². The summed E-state index contributed by atoms with van der Waals surface area (Å²) in [6.45, 7) is 8.56. The van der Waals surface area contributed by atoms with Crippen LogP contribution < -0.4 is 19.5 Å². The van der Waals surface area contributed by atoms with Gasteiger partial charge in [0.2, 0.25) is 5.75 Å². The highest BCUT2D eigenvalue weighted by Gasteiger charge is 2.22. The summed E-state index contributed by atoms with van der Waals surface area (Å²) in [6.07, 6.45) is 1.00. The maximum atomic E-state index is 12.5. The molecular formula is C18H27NO6. The summed E-state index contributed by atoms with van der Waals surface area (Å²) in [5, 5.41) is 11.7. The molecule has 1 aromatic rings. The topological polar surface area (TPSA) is 94.1 Å². The highest BCUT2D eigenvalue weighted by atomic mass is 16.5. The first kappa shape index (κ1) is 20.6. The Labute approximate surface area is 148 Å². The van der Waals surface area contributed by atoms with Gasteiger partial charge in [-0.15, -0.1) is 0 Å². The second-order valence-electron chi connectivity index (χ2n) is 5.25. The number of hydrogen-bond acceptors (Lipinski definition) is 5. The molecule has 0 aromatic heterocycles. The van der Waals surface area contributed by atoms with Crippen molar-refractivity contribution in [1.29, 1.82) is 0 Å². The first-order valence-corrected chi connectivity index (χ1v) is 8.58. The average molecular weight is 353 g/mol. The summed E-state index contributed by atoms with van der Waals surface area (Å²) >= 11 is 0. The van der Waals surface area contributed by atoms with Crippen LogP contribution in [0.2, 0.25) is 0 Å². The molecule has 0 heterocycles. The van der Waals surface area contributed by atoms with E-state index in [4.69, 9.17) is 14.2 Å². The van der Waals surface area contributed by atoms with Crippen LogP contribution in [0, 0.1) is 0 Å². The van der Waals surface area contributed by atoms with Gasteiger partial charge in [-0.1, -0.05) is 13.3 Å². The zero-order valence-electron chi connectivity index (χ0n) is 15.3. The van der Waals surface area contributed by atoms with Crippen LogP contribution in [0.15, 0.2) is 12.1 Å². The molecule has 1 atom stereocenters. The molecule has 0 spiro atoms. The van der Waals surface area contributed by atoms with Crippen molar-refractivity contribution in [2.24, 2.45) is 0 Å². The van der Waals surface area contributed by atoms with Gasteiger partial charge in [-0.25, -0.2) is 4.79 Å². The molecule has 0 fully saturated rings. The van der Waals surface area contributed by atoms with Gasteiger partial charge in [-0.3, -0.25) is 4.79 Å². The van der Waals surface area contributed by atoms with Crippen LogP contribution in [0.5, 0.6) is 17.2 Å². The summed E-state index contributed by atoms with van der Waals surface area (Å²) in [4.78, 5) is 23.7. The van der Waals surface area contributed by atoms with Crippen molar-refractivity contribution in [3.63, 3.8) is 0 Å². The fourth-order valence-corrected chi connectivity index (χ4v) is 2.31. The SMILES string of the molecule is CCCC(NC(=O)c1cc(OCC)c(OCC)c(OCC)c1)C(=O)O. The smallest absolute Gasteiger partial charge is 0.326 e. The summed E-state index contributed by atoms with van der Waals surface area (Å²) in [7, 11) is 0. The molecule has 25 heavy (non-hydrogen) atoms. The first-order chi connectivity index (χ1) is 12.0. The summed E-state index contributed by atoms with van der Waals surface area (Å²) in [5.74, 6) is -0.335. The molecule has 0 saturated carbocycles. The standard InChI is InChI=1S/C18H27NO6/c1-5-9-13(18(21)22)19-17(20)12-10-14(23-6-2)16(25-8-4)15(11-12)24-7-3/h10-11,13H,5-9H2,1-4H3,(H,19,20)(H,21,22). The van der Waals surface area contributed by atoms with Crippen LogP contribution in [0.4, 0.5) is 0 Å². The van der Waals surface area contributed by atoms with E-state index in [1.807, 2.05) is 27.7 Å². The van der Waals surface area contributed by atoms with Crippen molar-refractivity contribution < 1.29 is 28.9 Å². The number of aliphatic carboxylic acids is 1. The summed E-state index contributed by atoms with van der Waals surface area (Å²) in [6, 6.07) is 2.14. The lowest BCUT2D eigenvalue weighted by Crippen LogP contribution is -2.40. The minimum atomic E-state index is -1.06. The molecule has 1 aromatic carbocycles. The van der Waals surface area contributed by atoms with Gasteiger partial charge >= 0.3 is 5.97 Å². The van der Waals surface area contributed by atoms with Crippen LogP contribution in [0.3, 0.4) is 0 Å². The Bertz CT molecular complexity index is 560. The highest BCUT2D eigenvalue weighted by Crippen LogP contribution is 2.39. The molecule has 0 radical (unpaired) electrons. The Morgan fingerprint density at radius 3 is 1.92 bits per heavy atom. The Morgan fingerprint density at radius 2 is 1.52 bits per heavy atom. The lowest BCUT2D eigenvalue weighted by atomic mass is 10.1. The van der Waals surface area contributed by atoms with Gasteiger partial charge in [0.05, 0.1) is 19.8 Å². The molecule has 7 heteroatoms. The van der Waals surface area contributed by atoms with E-state index in [0.29, 0.717) is 49.9 Å². The zero-order chi connectivity index (χ0) is 18.8. The molecule has 140 valence electrons. The summed E-state index contributed by atoms with van der Waals surface area (Å²) < 4.78 is 16.7. The van der Waals surface area contributed by atoms with Gasteiger partial charge in [-0.05, 0) is 39.3 Å². The van der Waals surface area contributed by atoms with Crippen LogP contribution in [-0.2, 0) is 4.79 Å². The first-order valence-electron chi connectivity index (χ1n) is 8.58. The Hall–Kier alpha value is -2.44. The monoisotopic (exact) mass is 353 g/mol. The number of hydrogen-bond donors (Lipinski definition) is 2. The number of ether oxygens (including phenoxy) is 3. The number of nitrogens with one attached hydrogen (secondary N) is 1. The lowest BCUT2D eigenvalue weighted by molar-refractivity contribution is -0.139. The van der Waals surface area contributed by atoms with Gasteiger partial charge in [0.25, 0.3) is 5.91 Å². The van der Waals surface area contributed by atoms with Crippen molar-refractivity contribution in [2.45, 2.75) is 46.6 Å². The van der Waals surface area contributed by atoms with E-state index in [2.05, 4.69) is 5.32 Å². The van der Waals surface area contributed by atoms with Crippen molar-refractivity contribution in [3.8, 4) is 17.2 Å². The van der Waals surface area contributed by atoms with Crippen LogP contribution in [-0.4, -0.2) is 42.8 Å². The van der Waals surface area contributed by atoms with Crippen LogP contribution in [0.25, 0.3) is 0 Å². The number of amides is 1. The maximum absolute atomic E-state index is 12.5. The quantitative estimate of drug-likeness (QED) is 0.635. The fraction of sp³-hybridized carbons (Fsp3) is 0.556. The van der Waals surface area contributed by atoms with Gasteiger partial charge < -0.3 is 24.6 Å². The van der Waals surface area contributed by atoms with Crippen LogP contribution in [0.1, 0.15) is 50.9 Å². The molecule has 0 bridgehead atoms. The fourth-order valence-electron chi connectivity index (χ4n) is 2.31. The van der Waals surface area contributed by atoms with Gasteiger partial charge in [0.15, 0.2) is 11.5 Å². The van der Waals surface area contributed by atoms with E-state index < -0.39 is 17.9 Å². The average Bonchev–Trinajstić information content (AvgIpc) is 2.57. The molecule has 1 unspecified atom stereocenters. The van der Waals surface area contributed by atoms with E-state index in [1.54, 1.807) is 0 Å². The third kappa shape index (κ3) is 5.85. The molecule has 0 saturated heterocycles. The minimum Gasteiger partial charge on any atom is -0.490 e. The largest absolute Gasteiger partial charge is 0.490 e. The van der Waals surface area contributed by atoms with E-state index in [1.165, 1.54) is 12.1 Å². The zero-order valence-corrected chi connectivity index (χ0v) is 15.3. The molecule has 1 rings (SSSR count). The molecule has 0 aliphatic heterocycles. The molecule has 0 aliphatic rings. The molecular weight excluding hydrogens is 326 g/mol. The number of carboxylic acids is 1. The van der Waals surface area contributed by atoms with Gasteiger partial charge in [0, 0.05) is 5.56 Å². The van der Waals surface area contributed by atoms with E-state index in [9.17, 15) is 14.7 Å². The lowest BCUT2D eigenvalue weighted by Gasteiger charge is -2.18. The van der Waals surface area contributed by atoms with Crippen molar-refractivity contribution in [2.75, 3.05) is 19.8 Å². The Balaban J connectivity index is 3.20. The number of benzene rings is 1. The molecule has 7 nitrogen and oxygen atoms in total. The predicted molar refractivity (Wildman–Crippen MR) is 93.7 cm³/mol. The maximum Gasteiger partial charge on any atom is 0.326 e. The minimum absolute atomic E-state index is 0.262. The number of carbonyl (C=O) groups is 2. The Kier molecular flexibility index (Phi) is 8.60. The highest BCUT2D eigenvalue weighted by molar-refractivity contribution is 5.97. The number of rotatable bonds is 11. The third-order valence-corrected chi connectivity index (χ3v) is 3.35. The summed E-state index contributed by atoms with van der Waals surface area (Å²) in [5.41, 5.74) is 0.262. The van der Waals surface area contributed by atoms with Crippen LogP contribution >= 0.6 is 0 Å². The molecule has 2 N–H and O–H groups in total. The van der Waals surface area contributed by atoms with E-state index in [0.717, 1.165) is 0 Å². The predicted octanol–water partition coefficient (Wildman–Crippen LogP) is 2.87. The molecule has 1 amide bonds. The van der Waals surface area contributed by atoms with Crippen molar-refractivity contribution in [1.82, 2.24) is 5.32 Å². The third-order valence-electron chi connectivity index (χ3n) is 3.35. The normalized spacial score (nSPS) is 11.5. The van der Waals surface area contributed by atoms with E-state index >= 15 is 0 Å². The molecule has 0 aliphatic carbocycles. The second-order valence-corrected chi connectivity index (χ2v) is 5.25. The van der Waals surface area contributed by atoms with E-state index in [-0.39, 0.29) is 5.56 Å².